The summed E-state index contributed by atoms with van der Waals surface area (Å²) in [7, 11) is -3.48. The average Bonchev–Trinajstić information content (AvgIpc) is 2.58. The van der Waals surface area contributed by atoms with E-state index in [4.69, 9.17) is 0 Å². The normalized spacial score (nSPS) is 26.9. The third kappa shape index (κ3) is 2.22. The number of hydrogen-bond donors (Lipinski definition) is 2. The zero-order valence-electron chi connectivity index (χ0n) is 11.0. The number of thiophene rings is 1. The molecule has 0 aromatic carbocycles. The number of aliphatic hydroxyl groups excluding tert-OH is 1. The Hall–Kier alpha value is -0.430. The molecule has 1 aromatic heterocycles. The molecule has 2 rings (SSSR count). The van der Waals surface area contributed by atoms with Crippen molar-refractivity contribution >= 4 is 21.4 Å². The van der Waals surface area contributed by atoms with Gasteiger partial charge >= 0.3 is 0 Å². The van der Waals surface area contributed by atoms with Gasteiger partial charge in [-0.05, 0) is 26.3 Å². The minimum atomic E-state index is -3.48. The molecule has 4 nitrogen and oxygen atoms in total. The highest BCUT2D eigenvalue weighted by atomic mass is 32.2. The monoisotopic (exact) mass is 289 g/mol. The smallest absolute Gasteiger partial charge is 0.241 e. The quantitative estimate of drug-likeness (QED) is 0.891. The maximum Gasteiger partial charge on any atom is 0.241 e. The lowest BCUT2D eigenvalue weighted by Gasteiger charge is -2.49. The van der Waals surface area contributed by atoms with Gasteiger partial charge in [0.1, 0.15) is 0 Å². The molecular weight excluding hydrogens is 270 g/mol. The molecule has 0 radical (unpaired) electrons. The van der Waals surface area contributed by atoms with Crippen molar-refractivity contribution in [2.45, 2.75) is 51.2 Å². The fourth-order valence-corrected chi connectivity index (χ4v) is 5.19. The summed E-state index contributed by atoms with van der Waals surface area (Å²) >= 11 is 1.48. The first kappa shape index (κ1) is 14.0. The van der Waals surface area contributed by atoms with Crippen LogP contribution in [0.4, 0.5) is 0 Å². The lowest BCUT2D eigenvalue weighted by molar-refractivity contribution is -0.0645. The van der Waals surface area contributed by atoms with Gasteiger partial charge in [-0.15, -0.1) is 11.3 Å². The van der Waals surface area contributed by atoms with E-state index in [9.17, 15) is 13.5 Å². The Morgan fingerprint density at radius 2 is 2.06 bits per heavy atom. The molecule has 102 valence electrons. The number of aryl methyl sites for hydroxylation is 2. The van der Waals surface area contributed by atoms with E-state index >= 15 is 0 Å². The van der Waals surface area contributed by atoms with E-state index in [0.717, 1.165) is 9.75 Å². The summed E-state index contributed by atoms with van der Waals surface area (Å²) in [6, 6.07) is 1.50. The third-order valence-electron chi connectivity index (χ3n) is 3.80. The molecule has 0 saturated heterocycles. The minimum absolute atomic E-state index is 0.197. The highest BCUT2D eigenvalue weighted by Crippen LogP contribution is 2.41. The van der Waals surface area contributed by atoms with Gasteiger partial charge in [0.05, 0.1) is 11.0 Å². The largest absolute Gasteiger partial charge is 0.392 e. The van der Waals surface area contributed by atoms with E-state index in [0.29, 0.717) is 11.3 Å². The van der Waals surface area contributed by atoms with Crippen LogP contribution in [-0.4, -0.2) is 25.7 Å². The van der Waals surface area contributed by atoms with Gasteiger partial charge in [0.25, 0.3) is 0 Å². The van der Waals surface area contributed by atoms with Crippen molar-refractivity contribution < 1.29 is 13.5 Å². The van der Waals surface area contributed by atoms with Gasteiger partial charge in [0.15, 0.2) is 0 Å². The molecule has 1 aliphatic rings. The first-order valence-electron chi connectivity index (χ1n) is 5.92. The van der Waals surface area contributed by atoms with Crippen LogP contribution in [-0.2, 0) is 10.0 Å². The minimum Gasteiger partial charge on any atom is -0.392 e. The van der Waals surface area contributed by atoms with Gasteiger partial charge in [-0.1, -0.05) is 13.8 Å². The lowest BCUT2D eigenvalue weighted by Crippen LogP contribution is -2.61. The second-order valence-corrected chi connectivity index (χ2v) is 8.67. The predicted octanol–water partition coefficient (Wildman–Crippen LogP) is 1.80. The van der Waals surface area contributed by atoms with Gasteiger partial charge in [-0.25, -0.2) is 13.1 Å². The summed E-state index contributed by atoms with van der Waals surface area (Å²) in [5, 5.41) is 9.64. The lowest BCUT2D eigenvalue weighted by atomic mass is 9.65. The van der Waals surface area contributed by atoms with Crippen LogP contribution in [0, 0.1) is 19.3 Å². The van der Waals surface area contributed by atoms with Crippen LogP contribution in [0.1, 0.15) is 30.0 Å². The van der Waals surface area contributed by atoms with Crippen LogP contribution >= 0.6 is 11.3 Å². The standard InChI is InChI=1S/C12H19NO3S2/c1-7-5-9(8(2)17-7)18(15,16)13-10-6-11(14)12(10,3)4/h5,10-11,13-14H,6H2,1-4H3. The molecule has 0 spiro atoms. The molecule has 2 unspecified atom stereocenters. The fourth-order valence-electron chi connectivity index (χ4n) is 2.23. The van der Waals surface area contributed by atoms with Crippen molar-refractivity contribution in [3.63, 3.8) is 0 Å². The zero-order valence-corrected chi connectivity index (χ0v) is 12.7. The van der Waals surface area contributed by atoms with E-state index in [2.05, 4.69) is 4.72 Å². The molecule has 1 aliphatic carbocycles. The average molecular weight is 289 g/mol. The highest BCUT2D eigenvalue weighted by Gasteiger charge is 2.49. The first-order chi connectivity index (χ1) is 8.14. The number of hydrogen-bond acceptors (Lipinski definition) is 4. The van der Waals surface area contributed by atoms with Gasteiger partial charge in [0.2, 0.25) is 10.0 Å². The molecule has 1 heterocycles. The van der Waals surface area contributed by atoms with Crippen molar-refractivity contribution in [3.8, 4) is 0 Å². The number of rotatable bonds is 3. The summed E-state index contributed by atoms with van der Waals surface area (Å²) in [6.45, 7) is 7.46. The van der Waals surface area contributed by atoms with Gasteiger partial charge < -0.3 is 5.11 Å². The van der Waals surface area contributed by atoms with Gasteiger partial charge in [0, 0.05) is 21.2 Å². The zero-order chi connectivity index (χ0) is 13.7. The maximum absolute atomic E-state index is 12.3. The maximum atomic E-state index is 12.3. The Morgan fingerprint density at radius 1 is 1.44 bits per heavy atom. The summed E-state index contributed by atoms with van der Waals surface area (Å²) in [6.07, 6.45) is 0.0458. The third-order valence-corrected chi connectivity index (χ3v) is 6.49. The Bertz CT molecular complexity index is 560. The Morgan fingerprint density at radius 3 is 2.44 bits per heavy atom. The van der Waals surface area contributed by atoms with Crippen molar-refractivity contribution in [3.05, 3.63) is 15.8 Å². The van der Waals surface area contributed by atoms with Crippen LogP contribution in [0.5, 0.6) is 0 Å². The van der Waals surface area contributed by atoms with Gasteiger partial charge in [-0.3, -0.25) is 0 Å². The predicted molar refractivity (Wildman–Crippen MR) is 72.3 cm³/mol. The van der Waals surface area contributed by atoms with E-state index in [1.54, 1.807) is 6.07 Å². The molecule has 1 saturated carbocycles. The Balaban J connectivity index is 2.22. The van der Waals surface area contributed by atoms with Crippen LogP contribution in [0.2, 0.25) is 0 Å². The number of nitrogens with one attached hydrogen (secondary N) is 1. The number of aliphatic hydroxyl groups is 1. The summed E-state index contributed by atoms with van der Waals surface area (Å²) in [4.78, 5) is 2.15. The van der Waals surface area contributed by atoms with E-state index in [-0.39, 0.29) is 6.04 Å². The van der Waals surface area contributed by atoms with Crippen LogP contribution < -0.4 is 4.72 Å². The van der Waals surface area contributed by atoms with Crippen molar-refractivity contribution in [1.82, 2.24) is 4.72 Å². The van der Waals surface area contributed by atoms with Crippen LogP contribution in [0.3, 0.4) is 0 Å². The summed E-state index contributed by atoms with van der Waals surface area (Å²) in [5.74, 6) is 0. The van der Waals surface area contributed by atoms with Crippen LogP contribution in [0.15, 0.2) is 11.0 Å². The Labute approximate surface area is 112 Å². The molecule has 6 heteroatoms. The summed E-state index contributed by atoms with van der Waals surface area (Å²) in [5.41, 5.74) is -0.397. The highest BCUT2D eigenvalue weighted by molar-refractivity contribution is 7.89. The van der Waals surface area contributed by atoms with Crippen molar-refractivity contribution in [1.29, 1.82) is 0 Å². The molecule has 1 aromatic rings. The molecule has 0 amide bonds. The molecule has 0 aliphatic heterocycles. The summed E-state index contributed by atoms with van der Waals surface area (Å²) < 4.78 is 27.3. The second kappa shape index (κ2) is 4.30. The van der Waals surface area contributed by atoms with E-state index < -0.39 is 21.5 Å². The van der Waals surface area contributed by atoms with Gasteiger partial charge in [-0.2, -0.15) is 0 Å². The number of sulfonamides is 1. The second-order valence-electron chi connectivity index (χ2n) is 5.52. The van der Waals surface area contributed by atoms with Crippen molar-refractivity contribution in [2.75, 3.05) is 0 Å². The topological polar surface area (TPSA) is 66.4 Å². The molecule has 2 N–H and O–H groups in total. The molecular formula is C12H19NO3S2. The van der Waals surface area contributed by atoms with Crippen LogP contribution in [0.25, 0.3) is 0 Å². The van der Waals surface area contributed by atoms with Crippen molar-refractivity contribution in [2.24, 2.45) is 5.41 Å². The Kier molecular flexibility index (Phi) is 3.34. The molecule has 1 fully saturated rings. The SMILES string of the molecule is Cc1cc(S(=O)(=O)NC2CC(O)C2(C)C)c(C)s1. The first-order valence-corrected chi connectivity index (χ1v) is 8.22. The van der Waals surface area contributed by atoms with E-state index in [1.165, 1.54) is 11.3 Å². The fraction of sp³-hybridized carbons (Fsp3) is 0.667. The van der Waals surface area contributed by atoms with E-state index in [1.807, 2.05) is 27.7 Å². The molecule has 18 heavy (non-hydrogen) atoms. The molecule has 2 atom stereocenters. The molecule has 0 bridgehead atoms.